The third-order valence-corrected chi connectivity index (χ3v) is 3.31. The Morgan fingerprint density at radius 3 is 2.10 bits per heavy atom. The molecule has 1 aromatic carbocycles. The lowest BCUT2D eigenvalue weighted by atomic mass is 9.87. The summed E-state index contributed by atoms with van der Waals surface area (Å²) in [5.74, 6) is -0.367. The van der Waals surface area contributed by atoms with Crippen molar-refractivity contribution in [3.63, 3.8) is 0 Å². The predicted molar refractivity (Wildman–Crippen MR) is 74.4 cm³/mol. The number of halogens is 3. The first-order chi connectivity index (χ1) is 8.99. The van der Waals surface area contributed by atoms with Gasteiger partial charge in [-0.2, -0.15) is 13.2 Å². The Morgan fingerprint density at radius 1 is 1.20 bits per heavy atom. The van der Waals surface area contributed by atoms with Crippen molar-refractivity contribution in [1.82, 2.24) is 0 Å². The van der Waals surface area contributed by atoms with Crippen molar-refractivity contribution in [1.29, 1.82) is 0 Å². The number of anilines is 1. The van der Waals surface area contributed by atoms with Crippen LogP contribution in [-0.2, 0) is 4.79 Å². The fourth-order valence-corrected chi connectivity index (χ4v) is 1.89. The minimum absolute atomic E-state index is 0.0654. The lowest BCUT2D eigenvalue weighted by Gasteiger charge is -2.25. The Labute approximate surface area is 120 Å². The molecule has 1 amide bonds. The van der Waals surface area contributed by atoms with Crippen LogP contribution in [-0.4, -0.2) is 17.5 Å². The zero-order chi connectivity index (χ0) is 15.6. The number of hydrogen-bond donors (Lipinski definition) is 2. The standard InChI is InChI=1S/C13H17F3N2OS/c1-12(2,3)10(17)11(19)18-8-4-6-9(7-5-8)20-13(14,15)16/h4-7,10H,17H2,1-3H3,(H,18,19)/t10-/m0/s1. The van der Waals surface area contributed by atoms with Gasteiger partial charge < -0.3 is 11.1 Å². The van der Waals surface area contributed by atoms with E-state index in [1.54, 1.807) is 0 Å². The first kappa shape index (κ1) is 16.8. The Balaban J connectivity index is 2.69. The monoisotopic (exact) mass is 306 g/mol. The van der Waals surface area contributed by atoms with Crippen LogP contribution in [0.1, 0.15) is 20.8 Å². The zero-order valence-electron chi connectivity index (χ0n) is 11.4. The highest BCUT2D eigenvalue weighted by molar-refractivity contribution is 8.00. The molecule has 0 spiro atoms. The predicted octanol–water partition coefficient (Wildman–Crippen LogP) is 3.61. The minimum Gasteiger partial charge on any atom is -0.325 e. The largest absolute Gasteiger partial charge is 0.446 e. The molecular weight excluding hydrogens is 289 g/mol. The van der Waals surface area contributed by atoms with Crippen LogP contribution in [0.4, 0.5) is 18.9 Å². The Morgan fingerprint density at radius 2 is 1.70 bits per heavy atom. The summed E-state index contributed by atoms with van der Waals surface area (Å²) in [7, 11) is 0. The van der Waals surface area contributed by atoms with E-state index in [2.05, 4.69) is 5.32 Å². The van der Waals surface area contributed by atoms with Crippen LogP contribution in [0.3, 0.4) is 0 Å². The molecule has 1 aromatic rings. The van der Waals surface area contributed by atoms with Crippen LogP contribution < -0.4 is 11.1 Å². The minimum atomic E-state index is -4.32. The van der Waals surface area contributed by atoms with E-state index in [-0.39, 0.29) is 22.6 Å². The third kappa shape index (κ3) is 5.42. The zero-order valence-corrected chi connectivity index (χ0v) is 12.2. The average Bonchev–Trinajstić information content (AvgIpc) is 2.27. The molecule has 0 saturated carbocycles. The van der Waals surface area contributed by atoms with E-state index >= 15 is 0 Å². The fourth-order valence-electron chi connectivity index (χ4n) is 1.35. The van der Waals surface area contributed by atoms with E-state index in [0.29, 0.717) is 5.69 Å². The summed E-state index contributed by atoms with van der Waals surface area (Å²) < 4.78 is 36.5. The maximum absolute atomic E-state index is 12.2. The highest BCUT2D eigenvalue weighted by atomic mass is 32.2. The molecular formula is C13H17F3N2OS. The Bertz CT molecular complexity index is 466. The van der Waals surface area contributed by atoms with E-state index in [9.17, 15) is 18.0 Å². The second-order valence-electron chi connectivity index (χ2n) is 5.41. The highest BCUT2D eigenvalue weighted by Gasteiger charge is 2.29. The van der Waals surface area contributed by atoms with E-state index in [1.165, 1.54) is 24.3 Å². The number of alkyl halides is 3. The Kier molecular flexibility index (Phi) is 5.10. The summed E-state index contributed by atoms with van der Waals surface area (Å²) >= 11 is -0.199. The lowest BCUT2D eigenvalue weighted by molar-refractivity contribution is -0.119. The molecule has 1 rings (SSSR count). The molecule has 0 radical (unpaired) electrons. The summed E-state index contributed by atoms with van der Waals surface area (Å²) in [5.41, 5.74) is 1.50. The molecule has 0 aliphatic heterocycles. The first-order valence-corrected chi connectivity index (χ1v) is 6.73. The number of amides is 1. The van der Waals surface area contributed by atoms with Crippen molar-refractivity contribution < 1.29 is 18.0 Å². The molecule has 20 heavy (non-hydrogen) atoms. The second-order valence-corrected chi connectivity index (χ2v) is 6.54. The van der Waals surface area contributed by atoms with Gasteiger partial charge in [0.2, 0.25) is 5.91 Å². The summed E-state index contributed by atoms with van der Waals surface area (Å²) in [6, 6.07) is 4.74. The molecule has 0 fully saturated rings. The van der Waals surface area contributed by atoms with Crippen molar-refractivity contribution in [2.24, 2.45) is 11.1 Å². The van der Waals surface area contributed by atoms with Crippen LogP contribution in [0, 0.1) is 5.41 Å². The van der Waals surface area contributed by atoms with Gasteiger partial charge in [0, 0.05) is 10.6 Å². The smallest absolute Gasteiger partial charge is 0.325 e. The number of nitrogens with one attached hydrogen (secondary N) is 1. The molecule has 1 atom stereocenters. The summed E-state index contributed by atoms with van der Waals surface area (Å²) in [4.78, 5) is 11.9. The van der Waals surface area contributed by atoms with Gasteiger partial charge in [0.05, 0.1) is 6.04 Å². The van der Waals surface area contributed by atoms with Gasteiger partial charge in [-0.3, -0.25) is 4.79 Å². The number of carbonyl (C=O) groups excluding carboxylic acids is 1. The number of benzene rings is 1. The van der Waals surface area contributed by atoms with Crippen molar-refractivity contribution in [3.05, 3.63) is 24.3 Å². The summed E-state index contributed by atoms with van der Waals surface area (Å²) in [6.45, 7) is 5.50. The molecule has 3 nitrogen and oxygen atoms in total. The molecule has 0 saturated heterocycles. The quantitative estimate of drug-likeness (QED) is 0.839. The molecule has 3 N–H and O–H groups in total. The molecule has 0 unspecified atom stereocenters. The molecule has 7 heteroatoms. The summed E-state index contributed by atoms with van der Waals surface area (Å²) in [6.07, 6.45) is 0. The van der Waals surface area contributed by atoms with Crippen LogP contribution in [0.2, 0.25) is 0 Å². The van der Waals surface area contributed by atoms with Gasteiger partial charge in [-0.15, -0.1) is 0 Å². The number of hydrogen-bond acceptors (Lipinski definition) is 3. The third-order valence-electron chi connectivity index (χ3n) is 2.57. The van der Waals surface area contributed by atoms with E-state index in [1.807, 2.05) is 20.8 Å². The highest BCUT2D eigenvalue weighted by Crippen LogP contribution is 2.37. The van der Waals surface area contributed by atoms with E-state index < -0.39 is 17.0 Å². The fraction of sp³-hybridized carbons (Fsp3) is 0.462. The number of rotatable bonds is 3. The molecule has 0 aliphatic carbocycles. The van der Waals surface area contributed by atoms with E-state index in [4.69, 9.17) is 5.73 Å². The van der Waals surface area contributed by atoms with Crippen LogP contribution in [0.15, 0.2) is 29.2 Å². The number of thioether (sulfide) groups is 1. The van der Waals surface area contributed by atoms with Gasteiger partial charge in [-0.1, -0.05) is 20.8 Å². The van der Waals surface area contributed by atoms with Crippen LogP contribution >= 0.6 is 11.8 Å². The first-order valence-electron chi connectivity index (χ1n) is 5.91. The molecule has 0 heterocycles. The van der Waals surface area contributed by atoms with Crippen molar-refractivity contribution >= 4 is 23.4 Å². The average molecular weight is 306 g/mol. The van der Waals surface area contributed by atoms with Gasteiger partial charge in [-0.25, -0.2) is 0 Å². The van der Waals surface area contributed by atoms with Crippen molar-refractivity contribution in [2.75, 3.05) is 5.32 Å². The van der Waals surface area contributed by atoms with Gasteiger partial charge in [0.15, 0.2) is 0 Å². The van der Waals surface area contributed by atoms with Crippen molar-refractivity contribution in [3.8, 4) is 0 Å². The number of carbonyl (C=O) groups is 1. The Hall–Kier alpha value is -1.21. The lowest BCUT2D eigenvalue weighted by Crippen LogP contribution is -2.45. The maximum atomic E-state index is 12.2. The maximum Gasteiger partial charge on any atom is 0.446 e. The van der Waals surface area contributed by atoms with Gasteiger partial charge in [0.1, 0.15) is 0 Å². The van der Waals surface area contributed by atoms with Crippen LogP contribution in [0.25, 0.3) is 0 Å². The molecule has 0 bridgehead atoms. The SMILES string of the molecule is CC(C)(C)[C@@H](N)C(=O)Nc1ccc(SC(F)(F)F)cc1. The van der Waals surface area contributed by atoms with Gasteiger partial charge in [0.25, 0.3) is 0 Å². The second kappa shape index (κ2) is 6.05. The normalized spacial score (nSPS) is 13.9. The molecule has 0 aliphatic rings. The van der Waals surface area contributed by atoms with E-state index in [0.717, 1.165) is 0 Å². The van der Waals surface area contributed by atoms with Crippen molar-refractivity contribution in [2.45, 2.75) is 37.2 Å². The van der Waals surface area contributed by atoms with Crippen LogP contribution in [0.5, 0.6) is 0 Å². The number of nitrogens with two attached hydrogens (primary N) is 1. The van der Waals surface area contributed by atoms with Gasteiger partial charge in [-0.05, 0) is 41.4 Å². The molecule has 0 aromatic heterocycles. The van der Waals surface area contributed by atoms with Gasteiger partial charge >= 0.3 is 5.51 Å². The summed E-state index contributed by atoms with van der Waals surface area (Å²) in [5, 5.41) is 2.58. The molecule has 112 valence electrons. The topological polar surface area (TPSA) is 55.1 Å².